The molecule has 1 N–H and O–H groups in total. The van der Waals surface area contributed by atoms with Crippen molar-refractivity contribution in [3.63, 3.8) is 0 Å². The van der Waals surface area contributed by atoms with E-state index in [0.29, 0.717) is 16.7 Å². The number of carbonyl (C=O) groups excluding carboxylic acids is 2. The molecule has 0 spiro atoms. The molecule has 1 unspecified atom stereocenters. The van der Waals surface area contributed by atoms with Crippen molar-refractivity contribution in [2.24, 2.45) is 0 Å². The molecule has 2 aromatic carbocycles. The van der Waals surface area contributed by atoms with Crippen LogP contribution < -0.4 is 15.0 Å². The van der Waals surface area contributed by atoms with Crippen LogP contribution in [-0.2, 0) is 11.3 Å². The fraction of sp³-hybridized carbons (Fsp3) is 0.360. The highest BCUT2D eigenvalue weighted by molar-refractivity contribution is 6.30. The van der Waals surface area contributed by atoms with Gasteiger partial charge in [-0.25, -0.2) is 4.79 Å². The molecule has 1 atom stereocenters. The van der Waals surface area contributed by atoms with E-state index in [2.05, 4.69) is 44.1 Å². The number of amides is 3. The number of carbonyl (C=O) groups is 2. The second kappa shape index (κ2) is 8.17. The molecule has 2 heterocycles. The monoisotopic (exact) mass is 453 g/mol. The molecule has 3 amide bonds. The van der Waals surface area contributed by atoms with Gasteiger partial charge in [-0.1, -0.05) is 30.7 Å². The van der Waals surface area contributed by atoms with Gasteiger partial charge in [0.2, 0.25) is 0 Å². The van der Waals surface area contributed by atoms with E-state index >= 15 is 0 Å². The standard InChI is InChI=1S/C25H28ClN3O3/c1-15-13-25(2,3)28(4)21-12-22(32-5)17(10-19(15)21)11-20-23(30)29(24(31)27-20)14-16-6-8-18(26)9-7-16/h6-12,15H,13-14H2,1-5H3,(H,27,31)/b20-11+. The van der Waals surface area contributed by atoms with Crippen molar-refractivity contribution >= 4 is 35.3 Å². The van der Waals surface area contributed by atoms with Crippen LogP contribution in [0.1, 0.15) is 49.8 Å². The number of nitrogens with zero attached hydrogens (tertiary/aromatic N) is 2. The molecule has 2 aliphatic heterocycles. The molecular weight excluding hydrogens is 426 g/mol. The van der Waals surface area contributed by atoms with E-state index in [1.807, 2.05) is 6.07 Å². The summed E-state index contributed by atoms with van der Waals surface area (Å²) in [7, 11) is 3.71. The first-order chi connectivity index (χ1) is 15.1. The van der Waals surface area contributed by atoms with Gasteiger partial charge in [-0.15, -0.1) is 0 Å². The van der Waals surface area contributed by atoms with E-state index in [9.17, 15) is 9.59 Å². The minimum atomic E-state index is -0.442. The van der Waals surface area contributed by atoms with Gasteiger partial charge in [-0.05, 0) is 61.6 Å². The Balaban J connectivity index is 1.66. The van der Waals surface area contributed by atoms with Gasteiger partial charge in [0.05, 0.1) is 13.7 Å². The van der Waals surface area contributed by atoms with Crippen LogP contribution in [0, 0.1) is 0 Å². The number of anilines is 1. The second-order valence-electron chi connectivity index (χ2n) is 9.14. The molecule has 0 radical (unpaired) electrons. The van der Waals surface area contributed by atoms with E-state index in [-0.39, 0.29) is 23.7 Å². The number of ether oxygens (including phenoxy) is 1. The maximum Gasteiger partial charge on any atom is 0.329 e. The first kappa shape index (κ1) is 22.2. The summed E-state index contributed by atoms with van der Waals surface area (Å²) in [4.78, 5) is 28.9. The zero-order chi connectivity index (χ0) is 23.2. The van der Waals surface area contributed by atoms with Crippen molar-refractivity contribution in [3.8, 4) is 5.75 Å². The lowest BCUT2D eigenvalue weighted by atomic mass is 9.80. The van der Waals surface area contributed by atoms with Gasteiger partial charge in [-0.3, -0.25) is 9.69 Å². The van der Waals surface area contributed by atoms with Crippen LogP contribution in [0.15, 0.2) is 42.1 Å². The van der Waals surface area contributed by atoms with E-state index in [1.165, 1.54) is 10.5 Å². The molecule has 6 nitrogen and oxygen atoms in total. The Morgan fingerprint density at radius 3 is 2.56 bits per heavy atom. The van der Waals surface area contributed by atoms with Gasteiger partial charge >= 0.3 is 6.03 Å². The van der Waals surface area contributed by atoms with Crippen LogP contribution >= 0.6 is 11.6 Å². The van der Waals surface area contributed by atoms with E-state index in [4.69, 9.17) is 16.3 Å². The summed E-state index contributed by atoms with van der Waals surface area (Å²) in [5.74, 6) is 0.650. The van der Waals surface area contributed by atoms with Crippen LogP contribution in [-0.4, -0.2) is 36.5 Å². The smallest absolute Gasteiger partial charge is 0.329 e. The summed E-state index contributed by atoms with van der Waals surface area (Å²) in [6.07, 6.45) is 2.72. The van der Waals surface area contributed by atoms with E-state index < -0.39 is 6.03 Å². The molecule has 1 saturated heterocycles. The summed E-state index contributed by atoms with van der Waals surface area (Å²) < 4.78 is 5.65. The molecule has 2 aromatic rings. The van der Waals surface area contributed by atoms with Gasteiger partial charge in [-0.2, -0.15) is 0 Å². The number of nitrogens with one attached hydrogen (secondary N) is 1. The zero-order valence-corrected chi connectivity index (χ0v) is 19.8. The molecule has 32 heavy (non-hydrogen) atoms. The number of benzene rings is 2. The van der Waals surface area contributed by atoms with Crippen LogP contribution in [0.2, 0.25) is 5.02 Å². The quantitative estimate of drug-likeness (QED) is 0.512. The Labute approximate surface area is 193 Å². The number of urea groups is 1. The molecule has 0 aliphatic carbocycles. The average molecular weight is 454 g/mol. The minimum absolute atomic E-state index is 0.0367. The molecule has 7 heteroatoms. The topological polar surface area (TPSA) is 61.9 Å². The van der Waals surface area contributed by atoms with Crippen LogP contribution in [0.3, 0.4) is 0 Å². The van der Waals surface area contributed by atoms with Crippen molar-refractivity contribution in [2.75, 3.05) is 19.1 Å². The maximum absolute atomic E-state index is 13.0. The number of hydrogen-bond donors (Lipinski definition) is 1. The normalized spacial score (nSPS) is 21.1. The predicted molar refractivity (Wildman–Crippen MR) is 127 cm³/mol. The Hall–Kier alpha value is -2.99. The SMILES string of the molecule is COc1cc2c(cc1/C=C1/NC(=O)N(Cc3ccc(Cl)cc3)C1=O)C(C)CC(C)(C)N2C. The molecular formula is C25H28ClN3O3. The number of hydrogen-bond acceptors (Lipinski definition) is 4. The average Bonchev–Trinajstić information content (AvgIpc) is 3.00. The highest BCUT2D eigenvalue weighted by Crippen LogP contribution is 2.45. The van der Waals surface area contributed by atoms with Gasteiger partial charge in [0.15, 0.2) is 0 Å². The van der Waals surface area contributed by atoms with Crippen molar-refractivity contribution in [1.82, 2.24) is 10.2 Å². The fourth-order valence-electron chi connectivity index (χ4n) is 4.54. The number of halogens is 1. The number of methoxy groups -OCH3 is 1. The van der Waals surface area contributed by atoms with Crippen molar-refractivity contribution in [2.45, 2.75) is 45.2 Å². The van der Waals surface area contributed by atoms with Gasteiger partial charge in [0.25, 0.3) is 5.91 Å². The van der Waals surface area contributed by atoms with Crippen molar-refractivity contribution in [1.29, 1.82) is 0 Å². The largest absolute Gasteiger partial charge is 0.496 e. The second-order valence-corrected chi connectivity index (χ2v) is 9.57. The minimum Gasteiger partial charge on any atom is -0.496 e. The Morgan fingerprint density at radius 2 is 1.91 bits per heavy atom. The summed E-state index contributed by atoms with van der Waals surface area (Å²) >= 11 is 5.93. The van der Waals surface area contributed by atoms with E-state index in [1.54, 1.807) is 37.5 Å². The number of fused-ring (bicyclic) bond motifs is 1. The highest BCUT2D eigenvalue weighted by Gasteiger charge is 2.36. The Kier molecular flexibility index (Phi) is 5.67. The number of rotatable bonds is 4. The third-order valence-corrected chi connectivity index (χ3v) is 6.75. The molecule has 4 rings (SSSR count). The lowest BCUT2D eigenvalue weighted by Gasteiger charge is -2.45. The summed E-state index contributed by atoms with van der Waals surface area (Å²) in [5, 5.41) is 3.31. The maximum atomic E-state index is 13.0. The van der Waals surface area contributed by atoms with Crippen LogP contribution in [0.25, 0.3) is 6.08 Å². The van der Waals surface area contributed by atoms with Gasteiger partial charge < -0.3 is 15.0 Å². The third-order valence-electron chi connectivity index (χ3n) is 6.50. The summed E-state index contributed by atoms with van der Waals surface area (Å²) in [6, 6.07) is 10.7. The van der Waals surface area contributed by atoms with Crippen molar-refractivity contribution < 1.29 is 14.3 Å². The predicted octanol–water partition coefficient (Wildman–Crippen LogP) is 5.16. The van der Waals surface area contributed by atoms with Gasteiger partial charge in [0.1, 0.15) is 11.4 Å². The van der Waals surface area contributed by atoms with Crippen molar-refractivity contribution in [3.05, 3.63) is 63.8 Å². The molecule has 168 valence electrons. The van der Waals surface area contributed by atoms with Crippen LogP contribution in [0.4, 0.5) is 10.5 Å². The Bertz CT molecular complexity index is 1110. The lowest BCUT2D eigenvalue weighted by Crippen LogP contribution is -2.45. The zero-order valence-electron chi connectivity index (χ0n) is 19.0. The number of imide groups is 1. The van der Waals surface area contributed by atoms with Gasteiger partial charge in [0, 0.05) is 34.9 Å². The lowest BCUT2D eigenvalue weighted by molar-refractivity contribution is -0.123. The Morgan fingerprint density at radius 1 is 1.22 bits per heavy atom. The first-order valence-corrected chi connectivity index (χ1v) is 11.0. The molecule has 1 fully saturated rings. The molecule has 0 saturated carbocycles. The molecule has 0 aromatic heterocycles. The summed E-state index contributed by atoms with van der Waals surface area (Å²) in [5.41, 5.74) is 4.19. The van der Waals surface area contributed by atoms with E-state index in [0.717, 1.165) is 23.2 Å². The van der Waals surface area contributed by atoms with Crippen LogP contribution in [0.5, 0.6) is 5.75 Å². The third kappa shape index (κ3) is 3.95. The fourth-order valence-corrected chi connectivity index (χ4v) is 4.67. The first-order valence-electron chi connectivity index (χ1n) is 10.7. The molecule has 0 bridgehead atoms. The molecule has 2 aliphatic rings. The highest BCUT2D eigenvalue weighted by atomic mass is 35.5. The summed E-state index contributed by atoms with van der Waals surface area (Å²) in [6.45, 7) is 6.86.